The Kier molecular flexibility index (Phi) is 5.52. The summed E-state index contributed by atoms with van der Waals surface area (Å²) in [6.45, 7) is 1.69. The van der Waals surface area contributed by atoms with E-state index in [-0.39, 0.29) is 12.5 Å². The second-order valence-electron chi connectivity index (χ2n) is 4.57. The van der Waals surface area contributed by atoms with E-state index in [1.54, 1.807) is 36.4 Å². The molecule has 2 aromatic carbocycles. The summed E-state index contributed by atoms with van der Waals surface area (Å²) in [5.74, 6) is 0.625. The van der Waals surface area contributed by atoms with Crippen LogP contribution in [0.15, 0.2) is 36.4 Å². The molecule has 0 radical (unpaired) electrons. The third-order valence-corrected chi connectivity index (χ3v) is 3.67. The van der Waals surface area contributed by atoms with Crippen molar-refractivity contribution in [1.29, 1.82) is 0 Å². The number of rotatable bonds is 5. The number of benzene rings is 2. The Morgan fingerprint density at radius 2 is 1.86 bits per heavy atom. The van der Waals surface area contributed by atoms with Crippen LogP contribution in [-0.4, -0.2) is 19.6 Å². The molecule has 2 aromatic rings. The minimum atomic E-state index is -0.319. The van der Waals surface area contributed by atoms with E-state index in [4.69, 9.17) is 32.7 Å². The molecule has 0 aliphatic carbocycles. The van der Waals surface area contributed by atoms with Crippen molar-refractivity contribution in [3.05, 3.63) is 52.0 Å². The van der Waals surface area contributed by atoms with Gasteiger partial charge in [0, 0.05) is 11.1 Å². The van der Waals surface area contributed by atoms with Crippen LogP contribution in [0.2, 0.25) is 10.0 Å². The smallest absolute Gasteiger partial charge is 0.262 e. The summed E-state index contributed by atoms with van der Waals surface area (Å²) in [7, 11) is 1.51. The van der Waals surface area contributed by atoms with Gasteiger partial charge in [-0.3, -0.25) is 4.79 Å². The molecule has 2 rings (SSSR count). The Bertz CT molecular complexity index is 689. The monoisotopic (exact) mass is 339 g/mol. The van der Waals surface area contributed by atoms with Crippen molar-refractivity contribution in [2.24, 2.45) is 0 Å². The average molecular weight is 340 g/mol. The quantitative estimate of drug-likeness (QED) is 0.881. The molecule has 1 amide bonds. The normalized spacial score (nSPS) is 10.2. The van der Waals surface area contributed by atoms with Crippen LogP contribution < -0.4 is 14.8 Å². The topological polar surface area (TPSA) is 47.6 Å². The van der Waals surface area contributed by atoms with Crippen molar-refractivity contribution < 1.29 is 14.3 Å². The number of para-hydroxylation sites is 1. The highest BCUT2D eigenvalue weighted by molar-refractivity contribution is 6.32. The van der Waals surface area contributed by atoms with Gasteiger partial charge in [-0.05, 0) is 30.7 Å². The first-order valence-electron chi connectivity index (χ1n) is 6.52. The molecule has 0 unspecified atom stereocenters. The molecule has 22 heavy (non-hydrogen) atoms. The van der Waals surface area contributed by atoms with Crippen molar-refractivity contribution in [3.8, 4) is 11.5 Å². The van der Waals surface area contributed by atoms with Crippen LogP contribution in [0.5, 0.6) is 11.5 Å². The number of ether oxygens (including phenoxy) is 2. The molecule has 6 heteroatoms. The van der Waals surface area contributed by atoms with Crippen LogP contribution in [0.1, 0.15) is 5.56 Å². The van der Waals surface area contributed by atoms with Crippen molar-refractivity contribution in [2.75, 3.05) is 19.0 Å². The summed E-state index contributed by atoms with van der Waals surface area (Å²) in [4.78, 5) is 12.0. The lowest BCUT2D eigenvalue weighted by atomic mass is 10.2. The third kappa shape index (κ3) is 4.06. The van der Waals surface area contributed by atoms with Crippen LogP contribution in [0, 0.1) is 6.92 Å². The lowest BCUT2D eigenvalue weighted by molar-refractivity contribution is -0.118. The number of amides is 1. The molecule has 0 aliphatic rings. The molecule has 0 fully saturated rings. The van der Waals surface area contributed by atoms with E-state index in [0.717, 1.165) is 5.56 Å². The predicted octanol–water partition coefficient (Wildman–Crippen LogP) is 4.33. The van der Waals surface area contributed by atoms with Crippen LogP contribution in [-0.2, 0) is 4.79 Å². The summed E-state index contributed by atoms with van der Waals surface area (Å²) in [5, 5.41) is 3.75. The van der Waals surface area contributed by atoms with Gasteiger partial charge < -0.3 is 14.8 Å². The van der Waals surface area contributed by atoms with E-state index in [1.807, 2.05) is 6.92 Å². The van der Waals surface area contributed by atoms with Gasteiger partial charge >= 0.3 is 0 Å². The fourth-order valence-corrected chi connectivity index (χ4v) is 2.17. The number of aryl methyl sites for hydroxylation is 1. The molecule has 0 atom stereocenters. The molecule has 0 aliphatic heterocycles. The standard InChI is InChI=1S/C16H15Cl2NO3/c1-10-7-13(15(21-2)8-12(10)18)19-16(20)9-22-14-6-4-3-5-11(14)17/h3-8H,9H2,1-2H3,(H,19,20). The molecule has 0 aromatic heterocycles. The minimum absolute atomic E-state index is 0.158. The third-order valence-electron chi connectivity index (χ3n) is 2.95. The largest absolute Gasteiger partial charge is 0.495 e. The molecule has 1 N–H and O–H groups in total. The second kappa shape index (κ2) is 7.38. The highest BCUT2D eigenvalue weighted by Gasteiger charge is 2.11. The molecule has 116 valence electrons. The van der Waals surface area contributed by atoms with E-state index in [9.17, 15) is 4.79 Å². The number of hydrogen-bond donors (Lipinski definition) is 1. The highest BCUT2D eigenvalue weighted by Crippen LogP contribution is 2.31. The molecule has 0 bridgehead atoms. The van der Waals surface area contributed by atoms with Gasteiger partial charge in [-0.25, -0.2) is 0 Å². The van der Waals surface area contributed by atoms with E-state index in [1.165, 1.54) is 7.11 Å². The Morgan fingerprint density at radius 1 is 1.14 bits per heavy atom. The molecular weight excluding hydrogens is 325 g/mol. The van der Waals surface area contributed by atoms with Crippen molar-refractivity contribution in [1.82, 2.24) is 0 Å². The van der Waals surface area contributed by atoms with E-state index >= 15 is 0 Å². The van der Waals surface area contributed by atoms with E-state index in [0.29, 0.717) is 27.2 Å². The van der Waals surface area contributed by atoms with E-state index < -0.39 is 0 Å². The summed E-state index contributed by atoms with van der Waals surface area (Å²) < 4.78 is 10.6. The van der Waals surface area contributed by atoms with Crippen LogP contribution in [0.25, 0.3) is 0 Å². The van der Waals surface area contributed by atoms with Crippen molar-refractivity contribution >= 4 is 34.8 Å². The zero-order chi connectivity index (χ0) is 16.1. The Morgan fingerprint density at radius 3 is 2.55 bits per heavy atom. The van der Waals surface area contributed by atoms with E-state index in [2.05, 4.69) is 5.32 Å². The van der Waals surface area contributed by atoms with Gasteiger partial charge in [-0.15, -0.1) is 0 Å². The summed E-state index contributed by atoms with van der Waals surface area (Å²) in [6.07, 6.45) is 0. The Hall–Kier alpha value is -1.91. The molecule has 0 saturated heterocycles. The van der Waals surface area contributed by atoms with Crippen molar-refractivity contribution in [2.45, 2.75) is 6.92 Å². The van der Waals surface area contributed by atoms with Gasteiger partial charge in [0.1, 0.15) is 11.5 Å². The SMILES string of the molecule is COc1cc(Cl)c(C)cc1NC(=O)COc1ccccc1Cl. The maximum atomic E-state index is 12.0. The number of carbonyl (C=O) groups excluding carboxylic acids is 1. The van der Waals surface area contributed by atoms with Gasteiger partial charge in [0.25, 0.3) is 5.91 Å². The lowest BCUT2D eigenvalue weighted by Crippen LogP contribution is -2.20. The first-order valence-corrected chi connectivity index (χ1v) is 7.28. The van der Waals surface area contributed by atoms with Gasteiger partial charge in [0.15, 0.2) is 6.61 Å². The van der Waals surface area contributed by atoms with Gasteiger partial charge in [-0.1, -0.05) is 35.3 Å². The Labute approximate surface area is 138 Å². The van der Waals surface area contributed by atoms with Gasteiger partial charge in [-0.2, -0.15) is 0 Å². The first kappa shape index (κ1) is 16.5. The van der Waals surface area contributed by atoms with Crippen LogP contribution in [0.3, 0.4) is 0 Å². The average Bonchev–Trinajstić information content (AvgIpc) is 2.50. The summed E-state index contributed by atoms with van der Waals surface area (Å²) in [5.41, 5.74) is 1.38. The number of carbonyl (C=O) groups is 1. The molecule has 0 saturated carbocycles. The zero-order valence-corrected chi connectivity index (χ0v) is 13.7. The maximum Gasteiger partial charge on any atom is 0.262 e. The van der Waals surface area contributed by atoms with Crippen molar-refractivity contribution in [3.63, 3.8) is 0 Å². The highest BCUT2D eigenvalue weighted by atomic mass is 35.5. The number of halogens is 2. The number of anilines is 1. The lowest BCUT2D eigenvalue weighted by Gasteiger charge is -2.13. The molecule has 0 spiro atoms. The maximum absolute atomic E-state index is 12.0. The van der Waals surface area contributed by atoms with Crippen LogP contribution >= 0.6 is 23.2 Å². The first-order chi connectivity index (χ1) is 10.5. The fourth-order valence-electron chi connectivity index (χ4n) is 1.82. The summed E-state index contributed by atoms with van der Waals surface area (Å²) in [6, 6.07) is 10.4. The second-order valence-corrected chi connectivity index (χ2v) is 5.38. The van der Waals surface area contributed by atoms with Gasteiger partial charge in [0.2, 0.25) is 0 Å². The zero-order valence-electron chi connectivity index (χ0n) is 12.2. The fraction of sp³-hybridized carbons (Fsp3) is 0.188. The molecular formula is C16H15Cl2NO3. The van der Waals surface area contributed by atoms with Gasteiger partial charge in [0.05, 0.1) is 17.8 Å². The predicted molar refractivity (Wildman–Crippen MR) is 88.3 cm³/mol. The number of nitrogens with one attached hydrogen (secondary N) is 1. The molecule has 4 nitrogen and oxygen atoms in total. The Balaban J connectivity index is 2.03. The number of hydrogen-bond acceptors (Lipinski definition) is 3. The molecule has 0 heterocycles. The van der Waals surface area contributed by atoms with Crippen LogP contribution in [0.4, 0.5) is 5.69 Å². The summed E-state index contributed by atoms with van der Waals surface area (Å²) >= 11 is 12.0. The number of methoxy groups -OCH3 is 1. The minimum Gasteiger partial charge on any atom is -0.495 e.